The van der Waals surface area contributed by atoms with Gasteiger partial charge in [-0.15, -0.1) is 0 Å². The van der Waals surface area contributed by atoms with Crippen molar-refractivity contribution in [3.8, 4) is 0 Å². The summed E-state index contributed by atoms with van der Waals surface area (Å²) in [6.07, 6.45) is 5.68. The lowest BCUT2D eigenvalue weighted by Crippen LogP contribution is -2.13. The molecule has 0 fully saturated rings. The molecule has 0 saturated heterocycles. The Hall–Kier alpha value is -4.16. The Labute approximate surface area is 208 Å². The van der Waals surface area contributed by atoms with E-state index in [1.165, 1.54) is 5.56 Å². The fraction of sp³-hybridized carbons (Fsp3) is 0.0690. The molecule has 172 valence electrons. The van der Waals surface area contributed by atoms with Crippen molar-refractivity contribution in [1.82, 2.24) is 15.2 Å². The molecule has 0 radical (unpaired) electrons. The molecule has 0 aliphatic rings. The van der Waals surface area contributed by atoms with E-state index in [9.17, 15) is 4.79 Å². The van der Waals surface area contributed by atoms with Crippen LogP contribution in [0.4, 0.5) is 5.69 Å². The number of aryl methyl sites for hydroxylation is 2. The molecule has 0 aliphatic carbocycles. The maximum Gasteiger partial charge on any atom is 0.256 e. The van der Waals surface area contributed by atoms with Crippen LogP contribution in [0.25, 0.3) is 23.1 Å². The molecule has 2 N–H and O–H groups in total. The number of nitrogens with zero attached hydrogens (tertiary/aromatic N) is 2. The second-order valence-corrected chi connectivity index (χ2v) is 9.39. The van der Waals surface area contributed by atoms with Crippen LogP contribution < -0.4 is 5.32 Å². The molecule has 0 aliphatic heterocycles. The lowest BCUT2D eigenvalue weighted by Gasteiger charge is -2.12. The summed E-state index contributed by atoms with van der Waals surface area (Å²) in [5, 5.41) is 11.7. The fourth-order valence-corrected chi connectivity index (χ4v) is 4.85. The van der Waals surface area contributed by atoms with E-state index >= 15 is 0 Å². The maximum atomic E-state index is 13.1. The Kier molecular flexibility index (Phi) is 6.46. The summed E-state index contributed by atoms with van der Waals surface area (Å²) in [5.74, 6) is -0.121. The van der Waals surface area contributed by atoms with Gasteiger partial charge in [0.15, 0.2) is 0 Å². The van der Waals surface area contributed by atoms with Crippen molar-refractivity contribution in [1.29, 1.82) is 0 Å². The van der Waals surface area contributed by atoms with Crippen LogP contribution in [0.15, 0.2) is 94.9 Å². The van der Waals surface area contributed by atoms with Crippen LogP contribution in [0.1, 0.15) is 32.9 Å². The SMILES string of the molecule is Cc1ccc(NC(=O)c2ccccc2Sc2ccc3c(/C=C/c4ccccn4)n[nH]c3c2)c(C)c1. The number of hydrogen-bond acceptors (Lipinski definition) is 4. The minimum absolute atomic E-state index is 0.121. The number of hydrogen-bond donors (Lipinski definition) is 2. The number of rotatable bonds is 6. The number of fused-ring (bicyclic) bond motifs is 1. The maximum absolute atomic E-state index is 13.1. The van der Waals surface area contributed by atoms with E-state index in [1.54, 1.807) is 18.0 Å². The molecule has 0 bridgehead atoms. The van der Waals surface area contributed by atoms with Crippen LogP contribution in [0.3, 0.4) is 0 Å². The number of H-pyrrole nitrogens is 1. The van der Waals surface area contributed by atoms with E-state index in [0.29, 0.717) is 5.56 Å². The van der Waals surface area contributed by atoms with Gasteiger partial charge in [-0.1, -0.05) is 47.7 Å². The highest BCUT2D eigenvalue weighted by Crippen LogP contribution is 2.33. The van der Waals surface area contributed by atoms with E-state index < -0.39 is 0 Å². The number of benzene rings is 3. The van der Waals surface area contributed by atoms with Crippen molar-refractivity contribution in [3.05, 3.63) is 113 Å². The van der Waals surface area contributed by atoms with E-state index in [-0.39, 0.29) is 5.91 Å². The van der Waals surface area contributed by atoms with Crippen LogP contribution in [-0.4, -0.2) is 21.1 Å². The third-order valence-corrected chi connectivity index (χ3v) is 6.72. The molecule has 5 nitrogen and oxygen atoms in total. The van der Waals surface area contributed by atoms with Gasteiger partial charge in [0.25, 0.3) is 5.91 Å². The number of carbonyl (C=O) groups excluding carboxylic acids is 1. The van der Waals surface area contributed by atoms with Gasteiger partial charge in [0.05, 0.1) is 22.5 Å². The minimum Gasteiger partial charge on any atom is -0.322 e. The average molecular weight is 477 g/mol. The topological polar surface area (TPSA) is 70.7 Å². The van der Waals surface area contributed by atoms with Crippen LogP contribution in [0.5, 0.6) is 0 Å². The lowest BCUT2D eigenvalue weighted by atomic mass is 10.1. The van der Waals surface area contributed by atoms with Crippen LogP contribution in [0.2, 0.25) is 0 Å². The third-order valence-electron chi connectivity index (χ3n) is 5.65. The molecule has 3 aromatic carbocycles. The molecule has 0 spiro atoms. The van der Waals surface area contributed by atoms with Gasteiger partial charge in [0.2, 0.25) is 0 Å². The molecule has 1 amide bonds. The summed E-state index contributed by atoms with van der Waals surface area (Å²) >= 11 is 1.56. The van der Waals surface area contributed by atoms with Gasteiger partial charge in [-0.25, -0.2) is 0 Å². The highest BCUT2D eigenvalue weighted by atomic mass is 32.2. The molecular weight excluding hydrogens is 452 g/mol. The van der Waals surface area contributed by atoms with Gasteiger partial charge in [0.1, 0.15) is 0 Å². The Bertz CT molecular complexity index is 1540. The number of carbonyl (C=O) groups is 1. The summed E-state index contributed by atoms with van der Waals surface area (Å²) in [6.45, 7) is 4.05. The van der Waals surface area contributed by atoms with Crippen molar-refractivity contribution in [3.63, 3.8) is 0 Å². The summed E-state index contributed by atoms with van der Waals surface area (Å²) < 4.78 is 0. The molecule has 2 aromatic heterocycles. The second-order valence-electron chi connectivity index (χ2n) is 8.27. The van der Waals surface area contributed by atoms with Crippen LogP contribution >= 0.6 is 11.8 Å². The summed E-state index contributed by atoms with van der Waals surface area (Å²) in [6, 6.07) is 25.7. The Morgan fingerprint density at radius 2 is 1.80 bits per heavy atom. The number of aromatic nitrogens is 3. The molecule has 0 saturated carbocycles. The zero-order valence-corrected chi connectivity index (χ0v) is 20.3. The Morgan fingerprint density at radius 3 is 2.63 bits per heavy atom. The predicted molar refractivity (Wildman–Crippen MR) is 144 cm³/mol. The van der Waals surface area contributed by atoms with Gasteiger partial charge in [0, 0.05) is 27.1 Å². The highest BCUT2D eigenvalue weighted by molar-refractivity contribution is 7.99. The third kappa shape index (κ3) is 5.18. The highest BCUT2D eigenvalue weighted by Gasteiger charge is 2.14. The number of pyridine rings is 1. The van der Waals surface area contributed by atoms with Crippen LogP contribution in [-0.2, 0) is 0 Å². The predicted octanol–water partition coefficient (Wildman–Crippen LogP) is 7.15. The number of aromatic amines is 1. The Balaban J connectivity index is 1.37. The zero-order chi connectivity index (χ0) is 24.2. The van der Waals surface area contributed by atoms with Crippen molar-refractivity contribution in [2.24, 2.45) is 0 Å². The van der Waals surface area contributed by atoms with Crippen LogP contribution in [0, 0.1) is 13.8 Å². The standard InChI is InChI=1S/C29H24N4OS/c1-19-10-14-25(20(2)17-19)31-29(34)24-8-3-4-9-28(24)35-22-12-13-23-26(32-33-27(23)18-22)15-11-21-7-5-6-16-30-21/h3-18H,1-2H3,(H,31,34)(H,32,33)/b15-11+. The van der Waals surface area contributed by atoms with E-state index in [4.69, 9.17) is 0 Å². The monoisotopic (exact) mass is 476 g/mol. The smallest absolute Gasteiger partial charge is 0.256 e. The number of amides is 1. The first-order valence-electron chi connectivity index (χ1n) is 11.3. The fourth-order valence-electron chi connectivity index (χ4n) is 3.86. The number of anilines is 1. The zero-order valence-electron chi connectivity index (χ0n) is 19.4. The van der Waals surface area contributed by atoms with Gasteiger partial charge in [-0.05, 0) is 80.1 Å². The normalized spacial score (nSPS) is 11.3. The van der Waals surface area contributed by atoms with E-state index in [1.807, 2.05) is 80.6 Å². The second kappa shape index (κ2) is 9.99. The lowest BCUT2D eigenvalue weighted by molar-refractivity contribution is 0.102. The first kappa shape index (κ1) is 22.6. The molecule has 0 atom stereocenters. The molecule has 0 unspecified atom stereocenters. The largest absolute Gasteiger partial charge is 0.322 e. The summed E-state index contributed by atoms with van der Waals surface area (Å²) in [7, 11) is 0. The van der Waals surface area contributed by atoms with E-state index in [2.05, 4.69) is 44.8 Å². The number of nitrogens with one attached hydrogen (secondary N) is 2. The van der Waals surface area contributed by atoms with Crippen molar-refractivity contribution in [2.75, 3.05) is 5.32 Å². The summed E-state index contributed by atoms with van der Waals surface area (Å²) in [4.78, 5) is 19.3. The quantitative estimate of drug-likeness (QED) is 0.273. The molecule has 6 heteroatoms. The first-order valence-corrected chi connectivity index (χ1v) is 12.1. The van der Waals surface area contributed by atoms with Crippen molar-refractivity contribution >= 4 is 46.4 Å². The average Bonchev–Trinajstić information content (AvgIpc) is 3.27. The van der Waals surface area contributed by atoms with Gasteiger partial charge < -0.3 is 5.32 Å². The molecule has 5 aromatic rings. The van der Waals surface area contributed by atoms with Crippen molar-refractivity contribution < 1.29 is 4.79 Å². The minimum atomic E-state index is -0.121. The molecule has 35 heavy (non-hydrogen) atoms. The van der Waals surface area contributed by atoms with Gasteiger partial charge in [-0.2, -0.15) is 5.10 Å². The van der Waals surface area contributed by atoms with E-state index in [0.717, 1.165) is 43.3 Å². The Morgan fingerprint density at radius 1 is 0.943 bits per heavy atom. The molecule has 2 heterocycles. The molecular formula is C29H24N4OS. The first-order chi connectivity index (χ1) is 17.1. The van der Waals surface area contributed by atoms with Crippen molar-refractivity contribution in [2.45, 2.75) is 23.6 Å². The van der Waals surface area contributed by atoms with Gasteiger partial charge >= 0.3 is 0 Å². The molecule has 5 rings (SSSR count). The van der Waals surface area contributed by atoms with Gasteiger partial charge in [-0.3, -0.25) is 14.9 Å². The summed E-state index contributed by atoms with van der Waals surface area (Å²) in [5.41, 5.74) is 6.35.